The van der Waals surface area contributed by atoms with Crippen LogP contribution in [0.3, 0.4) is 0 Å². The monoisotopic (exact) mass is 318 g/mol. The van der Waals surface area contributed by atoms with E-state index in [1.165, 1.54) is 7.11 Å². The van der Waals surface area contributed by atoms with Crippen molar-refractivity contribution in [3.63, 3.8) is 0 Å². The fourth-order valence-corrected chi connectivity index (χ4v) is 2.69. The summed E-state index contributed by atoms with van der Waals surface area (Å²) >= 11 is 3.44. The number of halogens is 1. The lowest BCUT2D eigenvalue weighted by molar-refractivity contribution is 0.371. The van der Waals surface area contributed by atoms with E-state index in [9.17, 15) is 5.11 Å². The topological polar surface area (TPSA) is 58.1 Å². The van der Waals surface area contributed by atoms with Crippen LogP contribution in [-0.4, -0.2) is 22.2 Å². The highest BCUT2D eigenvalue weighted by Crippen LogP contribution is 2.40. The Bertz CT molecular complexity index is 719. The van der Waals surface area contributed by atoms with E-state index in [2.05, 4.69) is 25.9 Å². The van der Waals surface area contributed by atoms with Crippen LogP contribution >= 0.6 is 15.9 Å². The predicted octanol–water partition coefficient (Wildman–Crippen LogP) is 3.71. The Morgan fingerprint density at radius 2 is 2.00 bits per heavy atom. The zero-order chi connectivity index (χ0) is 13.4. The molecule has 4 nitrogen and oxygen atoms in total. The zero-order valence-corrected chi connectivity index (χ0v) is 11.7. The van der Waals surface area contributed by atoms with Crippen LogP contribution in [0, 0.1) is 0 Å². The van der Waals surface area contributed by atoms with E-state index in [4.69, 9.17) is 4.74 Å². The molecular weight excluding hydrogens is 308 g/mol. The fraction of sp³-hybridized carbons (Fsp3) is 0.0714. The molecule has 1 heterocycles. The van der Waals surface area contributed by atoms with E-state index in [1.807, 2.05) is 24.3 Å². The van der Waals surface area contributed by atoms with Crippen LogP contribution in [0.25, 0.3) is 22.4 Å². The molecule has 1 aromatic heterocycles. The van der Waals surface area contributed by atoms with Gasteiger partial charge in [0.1, 0.15) is 5.82 Å². The number of phenolic OH excluding ortho intramolecular Hbond substituents is 1. The molecule has 0 aliphatic heterocycles. The first-order valence-electron chi connectivity index (χ1n) is 5.71. The van der Waals surface area contributed by atoms with Gasteiger partial charge in [0.25, 0.3) is 0 Å². The number of rotatable bonds is 2. The summed E-state index contributed by atoms with van der Waals surface area (Å²) < 4.78 is 5.85. The van der Waals surface area contributed by atoms with Crippen molar-refractivity contribution in [2.45, 2.75) is 0 Å². The third-order valence-electron chi connectivity index (χ3n) is 2.92. The number of ether oxygens (including phenoxy) is 1. The molecule has 0 unspecified atom stereocenters. The van der Waals surface area contributed by atoms with Gasteiger partial charge in [-0.15, -0.1) is 0 Å². The molecule has 19 heavy (non-hydrogen) atoms. The number of H-pyrrole nitrogens is 1. The van der Waals surface area contributed by atoms with E-state index in [0.29, 0.717) is 10.2 Å². The number of benzene rings is 2. The maximum Gasteiger partial charge on any atom is 0.175 e. The zero-order valence-electron chi connectivity index (χ0n) is 10.1. The normalized spacial score (nSPS) is 10.8. The number of aromatic amines is 1. The van der Waals surface area contributed by atoms with Gasteiger partial charge in [-0.25, -0.2) is 4.98 Å². The second-order valence-corrected chi connectivity index (χ2v) is 4.88. The van der Waals surface area contributed by atoms with E-state index < -0.39 is 0 Å². The van der Waals surface area contributed by atoms with Gasteiger partial charge >= 0.3 is 0 Å². The lowest BCUT2D eigenvalue weighted by atomic mass is 10.2. The fourth-order valence-electron chi connectivity index (χ4n) is 2.00. The number of methoxy groups -OCH3 is 1. The molecule has 0 saturated heterocycles. The Morgan fingerprint density at radius 1 is 1.21 bits per heavy atom. The Labute approximate surface area is 118 Å². The number of aromatic nitrogens is 2. The van der Waals surface area contributed by atoms with Crippen molar-refractivity contribution in [2.75, 3.05) is 7.11 Å². The van der Waals surface area contributed by atoms with Crippen molar-refractivity contribution in [3.05, 3.63) is 40.9 Å². The second kappa shape index (κ2) is 4.59. The molecule has 0 radical (unpaired) electrons. The highest BCUT2D eigenvalue weighted by atomic mass is 79.9. The Hall–Kier alpha value is -2.01. The molecule has 0 atom stereocenters. The highest BCUT2D eigenvalue weighted by Gasteiger charge is 2.15. The van der Waals surface area contributed by atoms with Gasteiger partial charge in [0.05, 0.1) is 22.6 Å². The van der Waals surface area contributed by atoms with Crippen LogP contribution in [0.5, 0.6) is 11.5 Å². The van der Waals surface area contributed by atoms with Gasteiger partial charge in [0.15, 0.2) is 11.5 Å². The van der Waals surface area contributed by atoms with E-state index in [0.717, 1.165) is 22.4 Å². The maximum absolute atomic E-state index is 9.72. The molecule has 3 rings (SSSR count). The molecule has 0 spiro atoms. The molecule has 2 aromatic carbocycles. The third kappa shape index (κ3) is 1.96. The Balaban J connectivity index is 2.21. The minimum absolute atomic E-state index is 0.0919. The summed E-state index contributed by atoms with van der Waals surface area (Å²) in [6, 6.07) is 11.2. The largest absolute Gasteiger partial charge is 0.504 e. The number of aromatic hydroxyl groups is 1. The highest BCUT2D eigenvalue weighted by molar-refractivity contribution is 9.10. The lowest BCUT2D eigenvalue weighted by Gasteiger charge is -2.08. The number of nitrogens with zero attached hydrogens (tertiary/aromatic N) is 1. The minimum atomic E-state index is 0.0919. The first-order chi connectivity index (χ1) is 9.20. The number of hydrogen-bond acceptors (Lipinski definition) is 3. The van der Waals surface area contributed by atoms with Gasteiger partial charge in [-0.3, -0.25) is 0 Å². The van der Waals surface area contributed by atoms with Crippen LogP contribution in [0.15, 0.2) is 40.9 Å². The third-order valence-corrected chi connectivity index (χ3v) is 3.71. The minimum Gasteiger partial charge on any atom is -0.504 e. The molecule has 5 heteroatoms. The first kappa shape index (κ1) is 12.0. The Morgan fingerprint density at radius 3 is 2.74 bits per heavy atom. The molecule has 0 aliphatic rings. The van der Waals surface area contributed by atoms with Gasteiger partial charge in [0.2, 0.25) is 0 Å². The lowest BCUT2D eigenvalue weighted by Crippen LogP contribution is -1.89. The second-order valence-electron chi connectivity index (χ2n) is 4.08. The van der Waals surface area contributed by atoms with E-state index in [-0.39, 0.29) is 5.75 Å². The molecule has 0 saturated carbocycles. The maximum atomic E-state index is 9.72. The first-order valence-corrected chi connectivity index (χ1v) is 6.50. The summed E-state index contributed by atoms with van der Waals surface area (Å²) in [6.45, 7) is 0. The van der Waals surface area contributed by atoms with Gasteiger partial charge in [-0.1, -0.05) is 12.1 Å². The predicted molar refractivity (Wildman–Crippen MR) is 77.4 cm³/mol. The average molecular weight is 319 g/mol. The van der Waals surface area contributed by atoms with Crippen molar-refractivity contribution in [1.82, 2.24) is 9.97 Å². The Kier molecular flexibility index (Phi) is 2.91. The van der Waals surface area contributed by atoms with Crippen molar-refractivity contribution in [1.29, 1.82) is 0 Å². The molecule has 0 aliphatic carbocycles. The summed E-state index contributed by atoms with van der Waals surface area (Å²) in [6.07, 6.45) is 0. The molecule has 0 bridgehead atoms. The van der Waals surface area contributed by atoms with Crippen LogP contribution in [0.1, 0.15) is 0 Å². The van der Waals surface area contributed by atoms with Crippen molar-refractivity contribution < 1.29 is 9.84 Å². The number of fused-ring (bicyclic) bond motifs is 1. The van der Waals surface area contributed by atoms with Crippen LogP contribution in [-0.2, 0) is 0 Å². The van der Waals surface area contributed by atoms with Gasteiger partial charge < -0.3 is 14.8 Å². The summed E-state index contributed by atoms with van der Waals surface area (Å²) in [4.78, 5) is 7.77. The summed E-state index contributed by atoms with van der Waals surface area (Å²) in [5.74, 6) is 1.22. The quantitative estimate of drug-likeness (QED) is 0.757. The smallest absolute Gasteiger partial charge is 0.175 e. The standard InChI is InChI=1S/C14H11BrN2O2/c1-19-13-11(18)7-6-8(12(13)15)14-16-9-4-2-3-5-10(9)17-14/h2-7,18H,1H3,(H,16,17). The van der Waals surface area contributed by atoms with Crippen molar-refractivity contribution in [2.24, 2.45) is 0 Å². The molecule has 96 valence electrons. The number of imidazole rings is 1. The summed E-state index contributed by atoms with van der Waals surface area (Å²) in [5, 5.41) is 9.72. The molecule has 0 amide bonds. The number of nitrogens with one attached hydrogen (secondary N) is 1. The van der Waals surface area contributed by atoms with E-state index >= 15 is 0 Å². The number of phenols is 1. The number of hydrogen-bond donors (Lipinski definition) is 2. The summed E-state index contributed by atoms with van der Waals surface area (Å²) in [7, 11) is 1.52. The van der Waals surface area contributed by atoms with Crippen LogP contribution in [0.2, 0.25) is 0 Å². The van der Waals surface area contributed by atoms with Gasteiger partial charge in [-0.2, -0.15) is 0 Å². The van der Waals surface area contributed by atoms with E-state index in [1.54, 1.807) is 12.1 Å². The summed E-state index contributed by atoms with van der Waals surface area (Å²) in [5.41, 5.74) is 2.71. The van der Waals surface area contributed by atoms with Crippen molar-refractivity contribution >= 4 is 27.0 Å². The average Bonchev–Trinajstić information content (AvgIpc) is 2.82. The SMILES string of the molecule is COc1c(O)ccc(-c2nc3ccccc3[nH]2)c1Br. The van der Waals surface area contributed by atoms with Crippen molar-refractivity contribution in [3.8, 4) is 22.9 Å². The number of para-hydroxylation sites is 2. The van der Waals surface area contributed by atoms with Gasteiger partial charge in [-0.05, 0) is 40.2 Å². The molecule has 3 aromatic rings. The van der Waals surface area contributed by atoms with Crippen LogP contribution < -0.4 is 4.74 Å². The van der Waals surface area contributed by atoms with Gasteiger partial charge in [0, 0.05) is 5.56 Å². The van der Waals surface area contributed by atoms with Crippen LogP contribution in [0.4, 0.5) is 0 Å². The molecule has 0 fully saturated rings. The molecular formula is C14H11BrN2O2. The molecule has 2 N–H and O–H groups in total.